The summed E-state index contributed by atoms with van der Waals surface area (Å²) >= 11 is 0. The van der Waals surface area contributed by atoms with Crippen LogP contribution in [-0.4, -0.2) is 44.7 Å². The molecule has 2 aromatic carbocycles. The number of hydrogen-bond acceptors (Lipinski definition) is 6. The molecule has 1 N–H and O–H groups in total. The van der Waals surface area contributed by atoms with Crippen LogP contribution in [0.3, 0.4) is 0 Å². The van der Waals surface area contributed by atoms with Crippen molar-refractivity contribution in [2.75, 3.05) is 39.8 Å². The summed E-state index contributed by atoms with van der Waals surface area (Å²) in [6.07, 6.45) is 1.25. The zero-order valence-electron chi connectivity index (χ0n) is 16.5. The molecule has 152 valence electrons. The Morgan fingerprint density at radius 1 is 0.862 bits per heavy atom. The first kappa shape index (κ1) is 17.7. The molecule has 6 heteroatoms. The molecule has 6 rings (SSSR count). The average molecular weight is 394 g/mol. The zero-order chi connectivity index (χ0) is 19.3. The van der Waals surface area contributed by atoms with Gasteiger partial charge in [-0.3, -0.25) is 4.90 Å². The van der Waals surface area contributed by atoms with Crippen molar-refractivity contribution in [2.24, 2.45) is 5.41 Å². The number of benzene rings is 2. The van der Waals surface area contributed by atoms with E-state index in [1.54, 1.807) is 0 Å². The third-order valence-electron chi connectivity index (χ3n) is 6.74. The van der Waals surface area contributed by atoms with E-state index in [0.29, 0.717) is 32.2 Å². The maximum absolute atomic E-state index is 5.65. The van der Waals surface area contributed by atoms with Crippen molar-refractivity contribution in [2.45, 2.75) is 25.7 Å². The molecule has 4 aliphatic rings. The van der Waals surface area contributed by atoms with Crippen LogP contribution in [0, 0.1) is 5.41 Å². The number of hydrogen-bond donors (Lipinski definition) is 1. The summed E-state index contributed by atoms with van der Waals surface area (Å²) in [5, 5.41) is 3.47. The van der Waals surface area contributed by atoms with E-state index in [9.17, 15) is 0 Å². The van der Waals surface area contributed by atoms with Crippen LogP contribution < -0.4 is 14.8 Å². The summed E-state index contributed by atoms with van der Waals surface area (Å²) in [6, 6.07) is 13.3. The molecule has 0 aliphatic carbocycles. The molecule has 29 heavy (non-hydrogen) atoms. The van der Waals surface area contributed by atoms with Crippen LogP contribution in [0.5, 0.6) is 11.5 Å². The van der Waals surface area contributed by atoms with Crippen LogP contribution in [-0.2, 0) is 22.7 Å². The summed E-state index contributed by atoms with van der Waals surface area (Å²) in [5.41, 5.74) is 5.28. The Balaban J connectivity index is 1.40. The zero-order valence-corrected chi connectivity index (χ0v) is 16.5. The van der Waals surface area contributed by atoms with Gasteiger partial charge in [0.15, 0.2) is 13.6 Å². The van der Waals surface area contributed by atoms with Crippen molar-refractivity contribution in [3.8, 4) is 11.5 Å². The predicted molar refractivity (Wildman–Crippen MR) is 107 cm³/mol. The molecule has 4 aliphatic heterocycles. The molecule has 0 bridgehead atoms. The van der Waals surface area contributed by atoms with Gasteiger partial charge in [0, 0.05) is 36.2 Å². The van der Waals surface area contributed by atoms with Crippen LogP contribution in [0.25, 0.3) is 0 Å². The van der Waals surface area contributed by atoms with Gasteiger partial charge in [0.1, 0.15) is 11.5 Å². The van der Waals surface area contributed by atoms with Crippen molar-refractivity contribution in [3.05, 3.63) is 58.7 Å². The Labute approximate surface area is 170 Å². The SMILES string of the molecule is c1cc2c(cc1C(c1ccc3c(c1)COCO3)N1CCC3(CNC3)C1)COCO2. The Bertz CT molecular complexity index is 868. The molecular formula is C23H26N2O4. The van der Waals surface area contributed by atoms with Gasteiger partial charge < -0.3 is 24.3 Å². The summed E-state index contributed by atoms with van der Waals surface area (Å²) < 4.78 is 22.3. The fourth-order valence-corrected chi connectivity index (χ4v) is 5.13. The highest BCUT2D eigenvalue weighted by molar-refractivity contribution is 5.45. The lowest BCUT2D eigenvalue weighted by Crippen LogP contribution is -2.54. The lowest BCUT2D eigenvalue weighted by Gasteiger charge is -2.40. The van der Waals surface area contributed by atoms with Gasteiger partial charge in [-0.25, -0.2) is 0 Å². The second kappa shape index (κ2) is 6.99. The Hall–Kier alpha value is -2.12. The van der Waals surface area contributed by atoms with Crippen molar-refractivity contribution >= 4 is 0 Å². The monoisotopic (exact) mass is 394 g/mol. The number of likely N-dealkylation sites (tertiary alicyclic amines) is 1. The molecule has 0 unspecified atom stereocenters. The number of ether oxygens (including phenoxy) is 4. The smallest absolute Gasteiger partial charge is 0.189 e. The van der Waals surface area contributed by atoms with Crippen LogP contribution in [0.2, 0.25) is 0 Å². The summed E-state index contributed by atoms with van der Waals surface area (Å²) in [7, 11) is 0. The number of rotatable bonds is 3. The van der Waals surface area contributed by atoms with Gasteiger partial charge in [-0.15, -0.1) is 0 Å². The predicted octanol–water partition coefficient (Wildman–Crippen LogP) is 2.80. The molecule has 6 nitrogen and oxygen atoms in total. The summed E-state index contributed by atoms with van der Waals surface area (Å²) in [4.78, 5) is 2.64. The van der Waals surface area contributed by atoms with Crippen molar-refractivity contribution in [1.82, 2.24) is 10.2 Å². The number of nitrogens with zero attached hydrogens (tertiary/aromatic N) is 1. The minimum absolute atomic E-state index is 0.203. The summed E-state index contributed by atoms with van der Waals surface area (Å²) in [5.74, 6) is 1.87. The highest BCUT2D eigenvalue weighted by Crippen LogP contribution is 2.42. The fourth-order valence-electron chi connectivity index (χ4n) is 5.13. The topological polar surface area (TPSA) is 52.2 Å². The minimum atomic E-state index is 0.203. The first-order chi connectivity index (χ1) is 14.3. The van der Waals surface area contributed by atoms with E-state index in [2.05, 4.69) is 46.6 Å². The van der Waals surface area contributed by atoms with Gasteiger partial charge in [0.05, 0.1) is 19.3 Å². The lowest BCUT2D eigenvalue weighted by molar-refractivity contribution is -0.0164. The molecular weight excluding hydrogens is 368 g/mol. The Morgan fingerprint density at radius 2 is 1.48 bits per heavy atom. The highest BCUT2D eigenvalue weighted by atomic mass is 16.7. The quantitative estimate of drug-likeness (QED) is 0.864. The Kier molecular flexibility index (Phi) is 4.27. The van der Waals surface area contributed by atoms with Crippen LogP contribution in [0.1, 0.15) is 34.7 Å². The van der Waals surface area contributed by atoms with Gasteiger partial charge in [-0.2, -0.15) is 0 Å². The van der Waals surface area contributed by atoms with Gasteiger partial charge in [-0.05, 0) is 48.4 Å². The summed E-state index contributed by atoms with van der Waals surface area (Å²) in [6.45, 7) is 6.39. The normalized spacial score (nSPS) is 22.5. The molecule has 0 aromatic heterocycles. The minimum Gasteiger partial charge on any atom is -0.467 e. The van der Waals surface area contributed by atoms with Gasteiger partial charge >= 0.3 is 0 Å². The second-order valence-electron chi connectivity index (χ2n) is 8.68. The molecule has 0 radical (unpaired) electrons. The lowest BCUT2D eigenvalue weighted by atomic mass is 9.81. The van der Waals surface area contributed by atoms with Crippen molar-refractivity contribution in [1.29, 1.82) is 0 Å². The Morgan fingerprint density at radius 3 is 2.00 bits per heavy atom. The maximum Gasteiger partial charge on any atom is 0.189 e. The molecule has 0 amide bonds. The van der Waals surface area contributed by atoms with Crippen LogP contribution in [0.4, 0.5) is 0 Å². The maximum atomic E-state index is 5.65. The first-order valence-electron chi connectivity index (χ1n) is 10.4. The highest BCUT2D eigenvalue weighted by Gasteiger charge is 2.45. The van der Waals surface area contributed by atoms with Crippen molar-refractivity contribution < 1.29 is 18.9 Å². The largest absolute Gasteiger partial charge is 0.467 e. The van der Waals surface area contributed by atoms with E-state index in [4.69, 9.17) is 18.9 Å². The van der Waals surface area contributed by atoms with Crippen molar-refractivity contribution in [3.63, 3.8) is 0 Å². The molecule has 2 saturated heterocycles. The average Bonchev–Trinajstić information content (AvgIpc) is 3.20. The molecule has 1 spiro atoms. The third kappa shape index (κ3) is 3.11. The number of nitrogens with one attached hydrogen (secondary N) is 1. The van der Waals surface area contributed by atoms with Gasteiger partial charge in [0.2, 0.25) is 0 Å². The van der Waals surface area contributed by atoms with E-state index in [1.165, 1.54) is 17.5 Å². The molecule has 2 aromatic rings. The van der Waals surface area contributed by atoms with Crippen LogP contribution >= 0.6 is 0 Å². The molecule has 0 saturated carbocycles. The molecule has 4 heterocycles. The molecule has 0 atom stereocenters. The standard InChI is InChI=1S/C23H26N2O4/c1-3-20-18(9-26-14-28-20)7-16(1)22(25-6-5-23(13-25)11-24-12-23)17-2-4-21-19(8-17)10-27-15-29-21/h1-4,7-8,22,24H,5-6,9-15H2. The second-order valence-corrected chi connectivity index (χ2v) is 8.68. The van der Waals surface area contributed by atoms with E-state index in [-0.39, 0.29) is 6.04 Å². The molecule has 2 fully saturated rings. The van der Waals surface area contributed by atoms with Gasteiger partial charge in [0.25, 0.3) is 0 Å². The fraction of sp³-hybridized carbons (Fsp3) is 0.478. The van der Waals surface area contributed by atoms with Crippen LogP contribution in [0.15, 0.2) is 36.4 Å². The number of fused-ring (bicyclic) bond motifs is 2. The van der Waals surface area contributed by atoms with E-state index in [0.717, 1.165) is 48.8 Å². The third-order valence-corrected chi connectivity index (χ3v) is 6.74. The first-order valence-corrected chi connectivity index (χ1v) is 10.4. The van der Waals surface area contributed by atoms with E-state index in [1.807, 2.05) is 0 Å². The van der Waals surface area contributed by atoms with E-state index < -0.39 is 0 Å². The van der Waals surface area contributed by atoms with E-state index >= 15 is 0 Å². The van der Waals surface area contributed by atoms with Gasteiger partial charge in [-0.1, -0.05) is 12.1 Å².